The second kappa shape index (κ2) is 16.0. The highest BCUT2D eigenvalue weighted by atomic mass is 16.2. The van der Waals surface area contributed by atoms with Crippen LogP contribution in [0.5, 0.6) is 0 Å². The summed E-state index contributed by atoms with van der Waals surface area (Å²) in [6, 6.07) is 0. The molecule has 0 saturated carbocycles. The first-order valence-corrected chi connectivity index (χ1v) is 14.8. The first-order chi connectivity index (χ1) is 17.6. The molecule has 1 atom stereocenters. The normalized spacial score (nSPS) is 21.8. The summed E-state index contributed by atoms with van der Waals surface area (Å²) in [7, 11) is 0. The van der Waals surface area contributed by atoms with Crippen LogP contribution < -0.4 is 5.32 Å². The summed E-state index contributed by atoms with van der Waals surface area (Å²) in [5, 5.41) is 3.49. The van der Waals surface area contributed by atoms with Crippen molar-refractivity contribution in [3.63, 3.8) is 0 Å². The lowest BCUT2D eigenvalue weighted by atomic mass is 9.74. The van der Waals surface area contributed by atoms with Crippen LogP contribution in [0.4, 0.5) is 0 Å². The number of nitrogens with zero attached hydrogens (tertiary/aromatic N) is 2. The molecule has 4 nitrogen and oxygen atoms in total. The Kier molecular flexibility index (Phi) is 12.7. The van der Waals surface area contributed by atoms with Gasteiger partial charge in [-0.2, -0.15) is 0 Å². The Morgan fingerprint density at radius 2 is 1.89 bits per heavy atom. The van der Waals surface area contributed by atoms with E-state index in [1.807, 2.05) is 11.1 Å². The van der Waals surface area contributed by atoms with Crippen molar-refractivity contribution in [1.82, 2.24) is 10.2 Å². The van der Waals surface area contributed by atoms with Crippen molar-refractivity contribution in [3.05, 3.63) is 47.6 Å². The second-order valence-electron chi connectivity index (χ2n) is 11.2. The minimum Gasteiger partial charge on any atom is -0.343 e. The summed E-state index contributed by atoms with van der Waals surface area (Å²) in [5.74, 6) is 2.52. The number of hydrogen-bond donors (Lipinski definition) is 1. The third kappa shape index (κ3) is 9.50. The first-order valence-electron chi connectivity index (χ1n) is 14.8. The number of allylic oxidation sites excluding steroid dienone is 6. The minimum atomic E-state index is 0.316. The van der Waals surface area contributed by atoms with E-state index >= 15 is 0 Å². The van der Waals surface area contributed by atoms with E-state index < -0.39 is 0 Å². The van der Waals surface area contributed by atoms with Gasteiger partial charge in [0.25, 0.3) is 0 Å². The van der Waals surface area contributed by atoms with E-state index in [1.54, 1.807) is 5.57 Å². The summed E-state index contributed by atoms with van der Waals surface area (Å²) < 4.78 is 0. The number of nitrogens with one attached hydrogen (secondary N) is 1. The SMILES string of the molecule is C=C(CCCC)C(C1=CCCC=C1)C1CCNCC1.CC1CCN(C(=O)CCC2=CCCN=C2)CC1. The molecule has 4 aliphatic rings. The first kappa shape index (κ1) is 28.6. The fourth-order valence-corrected chi connectivity index (χ4v) is 5.84. The van der Waals surface area contributed by atoms with Gasteiger partial charge in [0, 0.05) is 38.2 Å². The zero-order valence-electron chi connectivity index (χ0n) is 23.1. The van der Waals surface area contributed by atoms with Crippen molar-refractivity contribution in [1.29, 1.82) is 0 Å². The molecule has 1 N–H and O–H groups in total. The van der Waals surface area contributed by atoms with Crippen LogP contribution in [0, 0.1) is 17.8 Å². The number of likely N-dealkylation sites (tertiary alicyclic amines) is 1. The monoisotopic (exact) mass is 493 g/mol. The topological polar surface area (TPSA) is 44.7 Å². The van der Waals surface area contributed by atoms with E-state index in [0.29, 0.717) is 18.2 Å². The van der Waals surface area contributed by atoms with Crippen LogP contribution in [-0.4, -0.2) is 49.7 Å². The number of rotatable bonds is 9. The van der Waals surface area contributed by atoms with Crippen LogP contribution in [0.15, 0.2) is 52.6 Å². The zero-order chi connectivity index (χ0) is 25.6. The molecule has 0 aromatic rings. The van der Waals surface area contributed by atoms with Crippen molar-refractivity contribution in [2.24, 2.45) is 22.7 Å². The molecular formula is C32H51N3O. The van der Waals surface area contributed by atoms with Crippen LogP contribution in [-0.2, 0) is 4.79 Å². The number of aliphatic imine (C=N–C) groups is 1. The van der Waals surface area contributed by atoms with Gasteiger partial charge in [-0.05, 0) is 100 Å². The summed E-state index contributed by atoms with van der Waals surface area (Å²) >= 11 is 0. The van der Waals surface area contributed by atoms with Gasteiger partial charge in [0.2, 0.25) is 5.91 Å². The Morgan fingerprint density at radius 1 is 1.11 bits per heavy atom. The van der Waals surface area contributed by atoms with Gasteiger partial charge >= 0.3 is 0 Å². The predicted molar refractivity (Wildman–Crippen MR) is 154 cm³/mol. The molecule has 0 aromatic carbocycles. The average molecular weight is 494 g/mol. The Balaban J connectivity index is 0.000000202. The third-order valence-electron chi connectivity index (χ3n) is 8.21. The van der Waals surface area contributed by atoms with E-state index in [-0.39, 0.29) is 0 Å². The van der Waals surface area contributed by atoms with Gasteiger partial charge in [0.15, 0.2) is 0 Å². The molecule has 1 unspecified atom stereocenters. The maximum Gasteiger partial charge on any atom is 0.222 e. The molecule has 4 rings (SSSR count). The molecule has 0 aromatic heterocycles. The largest absolute Gasteiger partial charge is 0.343 e. The van der Waals surface area contributed by atoms with E-state index in [2.05, 4.69) is 55.0 Å². The molecule has 4 heteroatoms. The van der Waals surface area contributed by atoms with E-state index in [1.165, 1.54) is 69.2 Å². The molecule has 2 fully saturated rings. The van der Waals surface area contributed by atoms with Gasteiger partial charge in [-0.15, -0.1) is 0 Å². The Labute approximate surface area is 221 Å². The summed E-state index contributed by atoms with van der Waals surface area (Å²) in [5.41, 5.74) is 4.26. The van der Waals surface area contributed by atoms with Crippen LogP contribution in [0.2, 0.25) is 0 Å². The van der Waals surface area contributed by atoms with Crippen LogP contribution in [0.25, 0.3) is 0 Å². The van der Waals surface area contributed by atoms with Crippen LogP contribution >= 0.6 is 0 Å². The molecule has 3 heterocycles. The summed E-state index contributed by atoms with van der Waals surface area (Å²) in [6.07, 6.45) is 25.0. The van der Waals surface area contributed by atoms with E-state index in [4.69, 9.17) is 0 Å². The standard InChI is InChI=1S/C18H29N.C14H22N2O/c1-3-4-8-15(2)18(16-9-6-5-7-10-16)17-11-13-19-14-12-17;1-12-6-9-16(10-7-12)14(17)5-4-13-3-2-8-15-11-13/h6,9-10,17-19H,2-5,7-8,11-14H2,1H3;3,11-12H,2,4-10H2,1H3. The highest BCUT2D eigenvalue weighted by Gasteiger charge is 2.27. The molecule has 200 valence electrons. The Hall–Kier alpha value is -1.94. The highest BCUT2D eigenvalue weighted by Crippen LogP contribution is 2.37. The molecule has 0 bridgehead atoms. The van der Waals surface area contributed by atoms with Crippen molar-refractivity contribution >= 4 is 12.1 Å². The number of carbonyl (C=O) groups excluding carboxylic acids is 1. The van der Waals surface area contributed by atoms with Gasteiger partial charge in [-0.25, -0.2) is 0 Å². The molecule has 1 amide bonds. The molecular weight excluding hydrogens is 442 g/mol. The smallest absolute Gasteiger partial charge is 0.222 e. The fourth-order valence-electron chi connectivity index (χ4n) is 5.84. The quantitative estimate of drug-likeness (QED) is 0.350. The molecule has 2 saturated heterocycles. The zero-order valence-corrected chi connectivity index (χ0v) is 23.1. The number of hydrogen-bond acceptors (Lipinski definition) is 3. The molecule has 36 heavy (non-hydrogen) atoms. The van der Waals surface area contributed by atoms with Crippen molar-refractivity contribution in [2.75, 3.05) is 32.7 Å². The maximum absolute atomic E-state index is 12.0. The van der Waals surface area contributed by atoms with Crippen molar-refractivity contribution in [3.8, 4) is 0 Å². The van der Waals surface area contributed by atoms with Gasteiger partial charge in [-0.3, -0.25) is 9.79 Å². The molecule has 1 aliphatic carbocycles. The number of dihydropyridines is 1. The van der Waals surface area contributed by atoms with Gasteiger partial charge < -0.3 is 10.2 Å². The van der Waals surface area contributed by atoms with Crippen molar-refractivity contribution < 1.29 is 4.79 Å². The molecule has 0 radical (unpaired) electrons. The predicted octanol–water partition coefficient (Wildman–Crippen LogP) is 7.05. The van der Waals surface area contributed by atoms with Gasteiger partial charge in [0.1, 0.15) is 0 Å². The molecule has 0 spiro atoms. The Morgan fingerprint density at radius 3 is 2.53 bits per heavy atom. The van der Waals surface area contributed by atoms with Crippen molar-refractivity contribution in [2.45, 2.75) is 90.9 Å². The van der Waals surface area contributed by atoms with Crippen LogP contribution in [0.1, 0.15) is 90.9 Å². The summed E-state index contributed by atoms with van der Waals surface area (Å²) in [6.45, 7) is 14.2. The second-order valence-corrected chi connectivity index (χ2v) is 11.2. The fraction of sp³-hybridized carbons (Fsp3) is 0.688. The lowest BCUT2D eigenvalue weighted by Gasteiger charge is -2.34. The van der Waals surface area contributed by atoms with Gasteiger partial charge in [-0.1, -0.05) is 56.7 Å². The number of amides is 1. The lowest BCUT2D eigenvalue weighted by Crippen LogP contribution is -2.37. The molecule has 3 aliphatic heterocycles. The van der Waals surface area contributed by atoms with E-state index in [0.717, 1.165) is 57.2 Å². The summed E-state index contributed by atoms with van der Waals surface area (Å²) in [4.78, 5) is 18.3. The Bertz CT molecular complexity index is 807. The van der Waals surface area contributed by atoms with E-state index in [9.17, 15) is 4.79 Å². The van der Waals surface area contributed by atoms with Crippen LogP contribution in [0.3, 0.4) is 0 Å². The van der Waals surface area contributed by atoms with Gasteiger partial charge in [0.05, 0.1) is 0 Å². The average Bonchev–Trinajstić information content (AvgIpc) is 2.93. The minimum absolute atomic E-state index is 0.316. The number of unbranched alkanes of at least 4 members (excludes halogenated alkanes) is 1. The number of piperidine rings is 2. The number of carbonyl (C=O) groups is 1. The highest BCUT2D eigenvalue weighted by molar-refractivity contribution is 5.82. The third-order valence-corrected chi connectivity index (χ3v) is 8.21. The maximum atomic E-state index is 12.0. The lowest BCUT2D eigenvalue weighted by molar-refractivity contribution is -0.132.